The lowest BCUT2D eigenvalue weighted by Gasteiger charge is -2.09. The molecular weight excluding hydrogens is 544 g/mol. The zero-order valence-corrected chi connectivity index (χ0v) is 25.9. The number of carbonyl (C=O) groups excluding carboxylic acids is 1. The van der Waals surface area contributed by atoms with Crippen LogP contribution in [0.25, 0.3) is 0 Å². The second-order valence-corrected chi connectivity index (χ2v) is 9.54. The van der Waals surface area contributed by atoms with E-state index in [-0.39, 0.29) is 5.97 Å². The second kappa shape index (κ2) is 32.1. The van der Waals surface area contributed by atoms with Gasteiger partial charge in [0.25, 0.3) is 0 Å². The smallest absolute Gasteiger partial charge is 0.305 e. The molecule has 1 rings (SSSR count). The van der Waals surface area contributed by atoms with Crippen LogP contribution in [0.3, 0.4) is 0 Å². The van der Waals surface area contributed by atoms with Crippen molar-refractivity contribution in [3.05, 3.63) is 30.3 Å². The Morgan fingerprint density at radius 3 is 1.31 bits per heavy atom. The molecule has 0 radical (unpaired) electrons. The van der Waals surface area contributed by atoms with Crippen molar-refractivity contribution in [3.63, 3.8) is 0 Å². The highest BCUT2D eigenvalue weighted by atomic mass is 16.6. The Morgan fingerprint density at radius 2 is 0.857 bits per heavy atom. The molecule has 0 spiro atoms. The third kappa shape index (κ3) is 28.3. The Bertz CT molecular complexity index is 677. The lowest BCUT2D eigenvalue weighted by Crippen LogP contribution is -2.15. The zero-order valence-electron chi connectivity index (χ0n) is 25.9. The Kier molecular flexibility index (Phi) is 29.3. The lowest BCUT2D eigenvalue weighted by atomic mass is 10.1. The van der Waals surface area contributed by atoms with Crippen LogP contribution in [-0.4, -0.2) is 112 Å². The Hall–Kier alpha value is -1.79. The molecule has 0 N–H and O–H groups in total. The predicted molar refractivity (Wildman–Crippen MR) is 161 cm³/mol. The number of benzene rings is 1. The molecule has 0 aromatic heterocycles. The van der Waals surface area contributed by atoms with Gasteiger partial charge in [-0.1, -0.05) is 63.6 Å². The second-order valence-electron chi connectivity index (χ2n) is 9.54. The van der Waals surface area contributed by atoms with Gasteiger partial charge in [-0.15, -0.1) is 0 Å². The van der Waals surface area contributed by atoms with Gasteiger partial charge in [0.2, 0.25) is 0 Å². The summed E-state index contributed by atoms with van der Waals surface area (Å²) in [4.78, 5) is 11.7. The Morgan fingerprint density at radius 1 is 0.476 bits per heavy atom. The number of para-hydroxylation sites is 1. The minimum absolute atomic E-state index is 0.137. The van der Waals surface area contributed by atoms with Gasteiger partial charge in [0, 0.05) is 6.42 Å². The molecule has 10 nitrogen and oxygen atoms in total. The maximum Gasteiger partial charge on any atom is 0.305 e. The molecule has 0 fully saturated rings. The van der Waals surface area contributed by atoms with Crippen LogP contribution in [0.4, 0.5) is 0 Å². The lowest BCUT2D eigenvalue weighted by molar-refractivity contribution is -0.145. The average molecular weight is 601 g/mol. The quantitative estimate of drug-likeness (QED) is 0.0821. The fourth-order valence-electron chi connectivity index (χ4n) is 3.67. The minimum atomic E-state index is -0.137. The first kappa shape index (κ1) is 38.2. The fraction of sp³-hybridized carbons (Fsp3) is 0.781. The van der Waals surface area contributed by atoms with E-state index in [0.29, 0.717) is 112 Å². The molecule has 0 bridgehead atoms. The summed E-state index contributed by atoms with van der Waals surface area (Å²) in [6, 6.07) is 9.67. The minimum Gasteiger partial charge on any atom is -0.491 e. The molecule has 244 valence electrons. The van der Waals surface area contributed by atoms with E-state index in [1.807, 2.05) is 30.3 Å². The Labute approximate surface area is 253 Å². The third-order valence-electron chi connectivity index (χ3n) is 5.95. The molecule has 0 heterocycles. The summed E-state index contributed by atoms with van der Waals surface area (Å²) in [5.41, 5.74) is 0. The van der Waals surface area contributed by atoms with Crippen molar-refractivity contribution in [1.29, 1.82) is 0 Å². The highest BCUT2D eigenvalue weighted by molar-refractivity contribution is 5.69. The van der Waals surface area contributed by atoms with Crippen molar-refractivity contribution in [2.75, 3.05) is 106 Å². The van der Waals surface area contributed by atoms with Gasteiger partial charge in [0.1, 0.15) is 19.0 Å². The van der Waals surface area contributed by atoms with E-state index in [1.165, 1.54) is 32.1 Å². The SMILES string of the molecule is CCCCCCCCCC(=O)OCCOCCOCCOCCOCCOCCOCCOCCOc1ccccc1. The average Bonchev–Trinajstić information content (AvgIpc) is 3.01. The monoisotopic (exact) mass is 600 g/mol. The van der Waals surface area contributed by atoms with E-state index >= 15 is 0 Å². The van der Waals surface area contributed by atoms with Crippen LogP contribution >= 0.6 is 0 Å². The van der Waals surface area contributed by atoms with Crippen LogP contribution < -0.4 is 4.74 Å². The van der Waals surface area contributed by atoms with Crippen LogP contribution in [0.1, 0.15) is 58.3 Å². The van der Waals surface area contributed by atoms with Crippen molar-refractivity contribution in [1.82, 2.24) is 0 Å². The van der Waals surface area contributed by atoms with Gasteiger partial charge >= 0.3 is 5.97 Å². The molecule has 0 aliphatic carbocycles. The van der Waals surface area contributed by atoms with E-state index in [0.717, 1.165) is 18.6 Å². The van der Waals surface area contributed by atoms with E-state index < -0.39 is 0 Å². The van der Waals surface area contributed by atoms with E-state index in [4.69, 9.17) is 42.6 Å². The summed E-state index contributed by atoms with van der Waals surface area (Å²) in [5.74, 6) is 0.706. The summed E-state index contributed by atoms with van der Waals surface area (Å²) in [5, 5.41) is 0. The first-order valence-electron chi connectivity index (χ1n) is 15.7. The molecule has 1 aromatic rings. The van der Waals surface area contributed by atoms with Gasteiger partial charge in [-0.25, -0.2) is 0 Å². The predicted octanol–water partition coefficient (Wildman–Crippen LogP) is 4.87. The van der Waals surface area contributed by atoms with Gasteiger partial charge in [-0.2, -0.15) is 0 Å². The van der Waals surface area contributed by atoms with Crippen LogP contribution in [0.15, 0.2) is 30.3 Å². The van der Waals surface area contributed by atoms with Crippen molar-refractivity contribution < 1.29 is 47.4 Å². The number of hydrogen-bond donors (Lipinski definition) is 0. The summed E-state index contributed by atoms with van der Waals surface area (Å²) in [7, 11) is 0. The number of rotatable bonds is 33. The molecule has 1 aromatic carbocycles. The zero-order chi connectivity index (χ0) is 30.0. The van der Waals surface area contributed by atoms with Crippen LogP contribution in [-0.2, 0) is 42.7 Å². The number of hydrogen-bond acceptors (Lipinski definition) is 10. The highest BCUT2D eigenvalue weighted by Crippen LogP contribution is 2.09. The van der Waals surface area contributed by atoms with Crippen molar-refractivity contribution in [3.8, 4) is 5.75 Å². The topological polar surface area (TPSA) is 100 Å². The first-order chi connectivity index (χ1) is 20.8. The van der Waals surface area contributed by atoms with Crippen molar-refractivity contribution in [2.24, 2.45) is 0 Å². The van der Waals surface area contributed by atoms with Gasteiger partial charge in [-0.05, 0) is 18.6 Å². The molecular formula is C32H56O10. The molecule has 10 heteroatoms. The maximum atomic E-state index is 11.7. The number of esters is 1. The van der Waals surface area contributed by atoms with Gasteiger partial charge in [0.05, 0.1) is 92.5 Å². The van der Waals surface area contributed by atoms with Gasteiger partial charge in [0.15, 0.2) is 0 Å². The van der Waals surface area contributed by atoms with E-state index in [1.54, 1.807) is 0 Å². The molecule has 0 atom stereocenters. The molecule has 0 amide bonds. The van der Waals surface area contributed by atoms with Crippen molar-refractivity contribution >= 4 is 5.97 Å². The van der Waals surface area contributed by atoms with E-state index in [2.05, 4.69) is 6.92 Å². The summed E-state index contributed by atoms with van der Waals surface area (Å²) in [6.45, 7) is 9.98. The number of unbranched alkanes of at least 4 members (excludes halogenated alkanes) is 6. The summed E-state index contributed by atoms with van der Waals surface area (Å²) in [6.07, 6.45) is 8.82. The fourth-order valence-corrected chi connectivity index (χ4v) is 3.67. The molecule has 0 unspecified atom stereocenters. The summed E-state index contributed by atoms with van der Waals surface area (Å²) >= 11 is 0. The largest absolute Gasteiger partial charge is 0.491 e. The Balaban J connectivity index is 1.65. The van der Waals surface area contributed by atoms with Crippen LogP contribution in [0.5, 0.6) is 5.75 Å². The van der Waals surface area contributed by atoms with Gasteiger partial charge < -0.3 is 42.6 Å². The van der Waals surface area contributed by atoms with Crippen LogP contribution in [0.2, 0.25) is 0 Å². The van der Waals surface area contributed by atoms with E-state index in [9.17, 15) is 4.79 Å². The molecule has 0 aliphatic rings. The van der Waals surface area contributed by atoms with Gasteiger partial charge in [-0.3, -0.25) is 4.79 Å². The normalized spacial score (nSPS) is 11.2. The van der Waals surface area contributed by atoms with Crippen molar-refractivity contribution in [2.45, 2.75) is 58.3 Å². The highest BCUT2D eigenvalue weighted by Gasteiger charge is 2.02. The maximum absolute atomic E-state index is 11.7. The molecule has 0 saturated carbocycles. The third-order valence-corrected chi connectivity index (χ3v) is 5.95. The number of carbonyl (C=O) groups is 1. The molecule has 42 heavy (non-hydrogen) atoms. The number of ether oxygens (including phenoxy) is 9. The first-order valence-corrected chi connectivity index (χ1v) is 15.7. The summed E-state index contributed by atoms with van der Waals surface area (Å²) < 4.78 is 49.0. The molecule has 0 aliphatic heterocycles. The van der Waals surface area contributed by atoms with Crippen LogP contribution in [0, 0.1) is 0 Å². The molecule has 0 saturated heterocycles. The standard InChI is InChI=1S/C32H56O10/c1-2-3-4-5-6-7-11-14-32(33)42-30-28-40-26-24-38-22-20-36-18-16-34-15-17-35-19-21-37-23-25-39-27-29-41-31-12-9-8-10-13-31/h8-10,12-13H,2-7,11,14-30H2,1H3.